The lowest BCUT2D eigenvalue weighted by molar-refractivity contribution is 0.327. The van der Waals surface area contributed by atoms with E-state index < -0.39 is 0 Å². The molecule has 4 heteroatoms. The summed E-state index contributed by atoms with van der Waals surface area (Å²) in [6, 6.07) is 3.92. The van der Waals surface area contributed by atoms with E-state index in [0.717, 1.165) is 34.6 Å². The van der Waals surface area contributed by atoms with Crippen LogP contribution in [0.25, 0.3) is 11.0 Å². The first-order chi connectivity index (χ1) is 8.07. The maximum absolute atomic E-state index is 5.77. The van der Waals surface area contributed by atoms with E-state index in [9.17, 15) is 0 Å². The highest BCUT2D eigenvalue weighted by Gasteiger charge is 2.26. The summed E-state index contributed by atoms with van der Waals surface area (Å²) >= 11 is 0. The fourth-order valence-corrected chi connectivity index (χ4v) is 2.15. The van der Waals surface area contributed by atoms with Crippen LogP contribution in [0.3, 0.4) is 0 Å². The molecule has 90 valence electrons. The Hall–Kier alpha value is -1.71. The van der Waals surface area contributed by atoms with Crippen molar-refractivity contribution in [3.63, 3.8) is 0 Å². The molecule has 2 aromatic rings. The van der Waals surface area contributed by atoms with Crippen LogP contribution in [-0.4, -0.2) is 18.3 Å². The molecule has 1 aliphatic heterocycles. The van der Waals surface area contributed by atoms with Gasteiger partial charge in [0.25, 0.3) is 0 Å². The number of anilines is 1. The summed E-state index contributed by atoms with van der Waals surface area (Å²) in [7, 11) is 0. The Bertz CT molecular complexity index is 567. The van der Waals surface area contributed by atoms with Crippen molar-refractivity contribution in [3.05, 3.63) is 17.8 Å². The summed E-state index contributed by atoms with van der Waals surface area (Å²) < 4.78 is 11.2. The first-order valence-electron chi connectivity index (χ1n) is 5.87. The van der Waals surface area contributed by atoms with Gasteiger partial charge in [0.2, 0.25) is 0 Å². The Morgan fingerprint density at radius 3 is 2.88 bits per heavy atom. The molecule has 4 nitrogen and oxygen atoms in total. The maximum Gasteiger partial charge on any atom is 0.171 e. The van der Waals surface area contributed by atoms with Gasteiger partial charge in [0.1, 0.15) is 12.3 Å². The molecule has 1 aromatic carbocycles. The normalized spacial score (nSPS) is 15.2. The average Bonchev–Trinajstić information content (AvgIpc) is 2.72. The van der Waals surface area contributed by atoms with Crippen molar-refractivity contribution in [1.82, 2.24) is 5.16 Å². The molecule has 1 aliphatic rings. The molecule has 0 aliphatic carbocycles. The van der Waals surface area contributed by atoms with Gasteiger partial charge in [-0.3, -0.25) is 0 Å². The second kappa shape index (κ2) is 3.39. The SMILES string of the molecule is CC(C)(C)c1noc2ccc3c(c12)OCCN3. The third kappa shape index (κ3) is 1.55. The van der Waals surface area contributed by atoms with Gasteiger partial charge in [0, 0.05) is 12.0 Å². The summed E-state index contributed by atoms with van der Waals surface area (Å²) in [5, 5.41) is 8.52. The lowest BCUT2D eigenvalue weighted by Gasteiger charge is -2.21. The van der Waals surface area contributed by atoms with Crippen LogP contribution in [0.4, 0.5) is 5.69 Å². The summed E-state index contributed by atoms with van der Waals surface area (Å²) in [6.45, 7) is 7.90. The molecular weight excluding hydrogens is 216 g/mol. The van der Waals surface area contributed by atoms with E-state index in [4.69, 9.17) is 9.26 Å². The molecule has 0 saturated heterocycles. The van der Waals surface area contributed by atoms with Crippen molar-refractivity contribution >= 4 is 16.7 Å². The van der Waals surface area contributed by atoms with Crippen LogP contribution in [-0.2, 0) is 5.41 Å². The molecule has 3 rings (SSSR count). The van der Waals surface area contributed by atoms with Crippen molar-refractivity contribution in [2.75, 3.05) is 18.5 Å². The van der Waals surface area contributed by atoms with Gasteiger partial charge in [0.05, 0.1) is 11.1 Å². The highest BCUT2D eigenvalue weighted by Crippen LogP contribution is 2.41. The quantitative estimate of drug-likeness (QED) is 0.758. The van der Waals surface area contributed by atoms with Crippen LogP contribution in [0.2, 0.25) is 0 Å². The monoisotopic (exact) mass is 232 g/mol. The molecule has 0 amide bonds. The van der Waals surface area contributed by atoms with Crippen molar-refractivity contribution < 1.29 is 9.26 Å². The predicted octanol–water partition coefficient (Wildman–Crippen LogP) is 2.93. The smallest absolute Gasteiger partial charge is 0.171 e. The molecule has 0 saturated carbocycles. The van der Waals surface area contributed by atoms with E-state index in [2.05, 4.69) is 31.2 Å². The Kier molecular flexibility index (Phi) is 2.08. The van der Waals surface area contributed by atoms with Gasteiger partial charge in [-0.25, -0.2) is 0 Å². The molecule has 17 heavy (non-hydrogen) atoms. The molecule has 0 radical (unpaired) electrons. The van der Waals surface area contributed by atoms with Gasteiger partial charge < -0.3 is 14.6 Å². The Morgan fingerprint density at radius 2 is 2.12 bits per heavy atom. The minimum absolute atomic E-state index is 0.0544. The van der Waals surface area contributed by atoms with Gasteiger partial charge >= 0.3 is 0 Å². The van der Waals surface area contributed by atoms with Gasteiger partial charge in [-0.15, -0.1) is 0 Å². The van der Waals surface area contributed by atoms with E-state index in [1.807, 2.05) is 12.1 Å². The van der Waals surface area contributed by atoms with E-state index in [-0.39, 0.29) is 5.41 Å². The van der Waals surface area contributed by atoms with E-state index in [1.165, 1.54) is 0 Å². The number of nitrogens with one attached hydrogen (secondary N) is 1. The molecule has 2 heterocycles. The summed E-state index contributed by atoms with van der Waals surface area (Å²) in [6.07, 6.45) is 0. The Labute approximate surface area is 99.9 Å². The van der Waals surface area contributed by atoms with Gasteiger partial charge in [-0.05, 0) is 12.1 Å². The first-order valence-corrected chi connectivity index (χ1v) is 5.87. The van der Waals surface area contributed by atoms with Crippen LogP contribution in [0.15, 0.2) is 16.7 Å². The van der Waals surface area contributed by atoms with E-state index in [0.29, 0.717) is 6.61 Å². The first kappa shape index (κ1) is 10.4. The second-order valence-electron chi connectivity index (χ2n) is 5.37. The number of rotatable bonds is 0. The largest absolute Gasteiger partial charge is 0.489 e. The molecule has 0 spiro atoms. The standard InChI is InChI=1S/C13H16N2O2/c1-13(2,3)12-10-9(17-15-12)5-4-8-11(10)16-7-6-14-8/h4-5,14H,6-7H2,1-3H3. The number of fused-ring (bicyclic) bond motifs is 3. The van der Waals surface area contributed by atoms with Gasteiger partial charge in [0.15, 0.2) is 11.3 Å². The van der Waals surface area contributed by atoms with Crippen LogP contribution in [0.1, 0.15) is 26.5 Å². The lowest BCUT2D eigenvalue weighted by atomic mass is 9.89. The number of aromatic nitrogens is 1. The number of benzene rings is 1. The Balaban J connectivity index is 2.32. The zero-order valence-corrected chi connectivity index (χ0v) is 10.3. The number of ether oxygens (including phenoxy) is 1. The van der Waals surface area contributed by atoms with E-state index >= 15 is 0 Å². The third-order valence-electron chi connectivity index (χ3n) is 2.97. The fraction of sp³-hybridized carbons (Fsp3) is 0.462. The topological polar surface area (TPSA) is 47.3 Å². The van der Waals surface area contributed by atoms with Crippen LogP contribution < -0.4 is 10.1 Å². The van der Waals surface area contributed by atoms with Crippen molar-refractivity contribution in [2.24, 2.45) is 0 Å². The highest BCUT2D eigenvalue weighted by atomic mass is 16.5. The fourth-order valence-electron chi connectivity index (χ4n) is 2.15. The molecule has 0 unspecified atom stereocenters. The number of nitrogens with zero attached hydrogens (tertiary/aromatic N) is 1. The molecule has 0 atom stereocenters. The van der Waals surface area contributed by atoms with E-state index in [1.54, 1.807) is 0 Å². The third-order valence-corrected chi connectivity index (χ3v) is 2.97. The minimum atomic E-state index is -0.0544. The predicted molar refractivity (Wildman–Crippen MR) is 66.7 cm³/mol. The van der Waals surface area contributed by atoms with Crippen molar-refractivity contribution in [1.29, 1.82) is 0 Å². The zero-order valence-electron chi connectivity index (χ0n) is 10.3. The summed E-state index contributed by atoms with van der Waals surface area (Å²) in [5.41, 5.74) is 2.71. The van der Waals surface area contributed by atoms with Crippen LogP contribution in [0, 0.1) is 0 Å². The highest BCUT2D eigenvalue weighted by molar-refractivity contribution is 5.92. The van der Waals surface area contributed by atoms with Crippen LogP contribution in [0.5, 0.6) is 5.75 Å². The molecule has 0 bridgehead atoms. The Morgan fingerprint density at radius 1 is 1.29 bits per heavy atom. The summed E-state index contributed by atoms with van der Waals surface area (Å²) in [5.74, 6) is 0.875. The van der Waals surface area contributed by atoms with Gasteiger partial charge in [-0.1, -0.05) is 25.9 Å². The molecular formula is C13H16N2O2. The zero-order chi connectivity index (χ0) is 12.0. The molecule has 0 fully saturated rings. The second-order valence-corrected chi connectivity index (χ2v) is 5.37. The molecule has 1 N–H and O–H groups in total. The van der Waals surface area contributed by atoms with Crippen LogP contribution >= 0.6 is 0 Å². The summed E-state index contributed by atoms with van der Waals surface area (Å²) in [4.78, 5) is 0. The number of hydrogen-bond acceptors (Lipinski definition) is 4. The van der Waals surface area contributed by atoms with Gasteiger partial charge in [-0.2, -0.15) is 0 Å². The van der Waals surface area contributed by atoms with Crippen molar-refractivity contribution in [3.8, 4) is 5.75 Å². The lowest BCUT2D eigenvalue weighted by Crippen LogP contribution is -2.19. The maximum atomic E-state index is 5.77. The van der Waals surface area contributed by atoms with Crippen molar-refractivity contribution in [2.45, 2.75) is 26.2 Å². The number of hydrogen-bond donors (Lipinski definition) is 1. The minimum Gasteiger partial charge on any atom is -0.489 e. The average molecular weight is 232 g/mol. The molecule has 1 aromatic heterocycles.